The normalized spacial score (nSPS) is 11.3. The molecule has 1 aromatic heterocycles. The SMILES string of the molecule is COc1ccc(S(=O)(=O)Nc2ccccc2OC)cc1NC(=O)/C=C/c1cccs1. The minimum Gasteiger partial charge on any atom is -0.495 e. The lowest BCUT2D eigenvalue weighted by atomic mass is 10.3. The summed E-state index contributed by atoms with van der Waals surface area (Å²) >= 11 is 1.50. The van der Waals surface area contributed by atoms with Gasteiger partial charge in [0.15, 0.2) is 0 Å². The van der Waals surface area contributed by atoms with Gasteiger partial charge >= 0.3 is 0 Å². The van der Waals surface area contributed by atoms with Crippen molar-refractivity contribution in [2.45, 2.75) is 4.90 Å². The van der Waals surface area contributed by atoms with Gasteiger partial charge < -0.3 is 14.8 Å². The van der Waals surface area contributed by atoms with Crippen molar-refractivity contribution < 1.29 is 22.7 Å². The number of carbonyl (C=O) groups is 1. The van der Waals surface area contributed by atoms with Crippen LogP contribution in [0.5, 0.6) is 11.5 Å². The quantitative estimate of drug-likeness (QED) is 0.508. The zero-order chi connectivity index (χ0) is 21.6. The number of ether oxygens (including phenoxy) is 2. The van der Waals surface area contributed by atoms with Gasteiger partial charge in [0.05, 0.1) is 30.5 Å². The Balaban J connectivity index is 1.85. The number of thiophene rings is 1. The molecule has 0 unspecified atom stereocenters. The minimum atomic E-state index is -3.93. The number of para-hydroxylation sites is 2. The second-order valence-corrected chi connectivity index (χ2v) is 8.67. The van der Waals surface area contributed by atoms with E-state index in [1.54, 1.807) is 30.3 Å². The summed E-state index contributed by atoms with van der Waals surface area (Å²) in [5, 5.41) is 4.57. The third-order valence-electron chi connectivity index (χ3n) is 4.03. The molecular formula is C21H20N2O5S2. The van der Waals surface area contributed by atoms with E-state index >= 15 is 0 Å². The summed E-state index contributed by atoms with van der Waals surface area (Å²) < 4.78 is 38.6. The Labute approximate surface area is 179 Å². The van der Waals surface area contributed by atoms with E-state index in [4.69, 9.17) is 9.47 Å². The molecule has 1 amide bonds. The molecule has 0 radical (unpaired) electrons. The lowest BCUT2D eigenvalue weighted by molar-refractivity contribution is -0.111. The standard InChI is InChI=1S/C21H20N2O5S2/c1-27-19-8-4-3-7-17(19)23-30(25,26)16-10-11-20(28-2)18(14-16)22-21(24)12-9-15-6-5-13-29-15/h3-14,23H,1-2H3,(H,22,24)/b12-9+. The smallest absolute Gasteiger partial charge is 0.262 e. The van der Waals surface area contributed by atoms with E-state index in [2.05, 4.69) is 10.0 Å². The highest BCUT2D eigenvalue weighted by molar-refractivity contribution is 7.92. The summed E-state index contributed by atoms with van der Waals surface area (Å²) in [6.45, 7) is 0. The number of nitrogens with one attached hydrogen (secondary N) is 2. The number of anilines is 2. The summed E-state index contributed by atoms with van der Waals surface area (Å²) in [6, 6.07) is 14.7. The maximum Gasteiger partial charge on any atom is 0.262 e. The Morgan fingerprint density at radius 2 is 1.70 bits per heavy atom. The average Bonchev–Trinajstić information content (AvgIpc) is 3.26. The molecular weight excluding hydrogens is 424 g/mol. The van der Waals surface area contributed by atoms with Crippen LogP contribution in [0, 0.1) is 0 Å². The molecule has 0 fully saturated rings. The summed E-state index contributed by atoms with van der Waals surface area (Å²) in [4.78, 5) is 13.2. The van der Waals surface area contributed by atoms with E-state index in [-0.39, 0.29) is 10.6 Å². The van der Waals surface area contributed by atoms with Crippen LogP contribution in [0.4, 0.5) is 11.4 Å². The number of methoxy groups -OCH3 is 2. The zero-order valence-electron chi connectivity index (χ0n) is 16.3. The lowest BCUT2D eigenvalue weighted by Crippen LogP contribution is -2.15. The van der Waals surface area contributed by atoms with Gasteiger partial charge in [-0.3, -0.25) is 9.52 Å². The van der Waals surface area contributed by atoms with Crippen molar-refractivity contribution in [3.8, 4) is 11.5 Å². The highest BCUT2D eigenvalue weighted by Crippen LogP contribution is 2.30. The van der Waals surface area contributed by atoms with Gasteiger partial charge in [0.25, 0.3) is 10.0 Å². The van der Waals surface area contributed by atoms with Gasteiger partial charge in [0.1, 0.15) is 11.5 Å². The molecule has 0 bridgehead atoms. The summed E-state index contributed by atoms with van der Waals surface area (Å²) in [5.41, 5.74) is 0.543. The number of benzene rings is 2. The van der Waals surface area contributed by atoms with Crippen LogP contribution >= 0.6 is 11.3 Å². The molecule has 2 N–H and O–H groups in total. The minimum absolute atomic E-state index is 0.0354. The van der Waals surface area contributed by atoms with Crippen LogP contribution in [0.2, 0.25) is 0 Å². The van der Waals surface area contributed by atoms with Crippen LogP contribution in [0.1, 0.15) is 4.88 Å². The fraction of sp³-hybridized carbons (Fsp3) is 0.0952. The molecule has 2 aromatic carbocycles. The van der Waals surface area contributed by atoms with E-state index in [0.29, 0.717) is 17.2 Å². The van der Waals surface area contributed by atoms with E-state index in [1.807, 2.05) is 17.5 Å². The largest absolute Gasteiger partial charge is 0.495 e. The molecule has 3 rings (SSSR count). The van der Waals surface area contributed by atoms with Crippen molar-refractivity contribution in [1.82, 2.24) is 0 Å². The van der Waals surface area contributed by atoms with Crippen molar-refractivity contribution in [1.29, 1.82) is 0 Å². The maximum atomic E-state index is 12.9. The first-order valence-electron chi connectivity index (χ1n) is 8.79. The molecule has 0 aliphatic rings. The number of amides is 1. The predicted molar refractivity (Wildman–Crippen MR) is 119 cm³/mol. The van der Waals surface area contributed by atoms with Crippen molar-refractivity contribution in [2.75, 3.05) is 24.3 Å². The molecule has 7 nitrogen and oxygen atoms in total. The summed E-state index contributed by atoms with van der Waals surface area (Å²) in [6.07, 6.45) is 3.05. The first kappa shape index (κ1) is 21.4. The molecule has 0 saturated heterocycles. The second kappa shape index (κ2) is 9.47. The van der Waals surface area contributed by atoms with Crippen LogP contribution in [0.15, 0.2) is 70.9 Å². The van der Waals surface area contributed by atoms with E-state index < -0.39 is 15.9 Å². The van der Waals surface area contributed by atoms with Gasteiger partial charge in [-0.2, -0.15) is 0 Å². The zero-order valence-corrected chi connectivity index (χ0v) is 17.9. The number of carbonyl (C=O) groups excluding carboxylic acids is 1. The monoisotopic (exact) mass is 444 g/mol. The molecule has 0 spiro atoms. The Kier molecular flexibility index (Phi) is 6.76. The van der Waals surface area contributed by atoms with Crippen LogP contribution in [-0.4, -0.2) is 28.5 Å². The highest BCUT2D eigenvalue weighted by Gasteiger charge is 2.19. The van der Waals surface area contributed by atoms with E-state index in [0.717, 1.165) is 4.88 Å². The number of rotatable bonds is 8. The van der Waals surface area contributed by atoms with Crippen molar-refractivity contribution in [3.63, 3.8) is 0 Å². The third kappa shape index (κ3) is 5.19. The van der Waals surface area contributed by atoms with Crippen LogP contribution in [0.25, 0.3) is 6.08 Å². The predicted octanol–water partition coefficient (Wildman–Crippen LogP) is 4.22. The molecule has 0 atom stereocenters. The Morgan fingerprint density at radius 3 is 2.40 bits per heavy atom. The number of hydrogen-bond donors (Lipinski definition) is 2. The second-order valence-electron chi connectivity index (χ2n) is 6.01. The average molecular weight is 445 g/mol. The van der Waals surface area contributed by atoms with Crippen LogP contribution in [0.3, 0.4) is 0 Å². The first-order chi connectivity index (χ1) is 14.4. The fourth-order valence-electron chi connectivity index (χ4n) is 2.60. The van der Waals surface area contributed by atoms with E-state index in [1.165, 1.54) is 49.8 Å². The molecule has 3 aromatic rings. The fourth-order valence-corrected chi connectivity index (χ4v) is 4.32. The van der Waals surface area contributed by atoms with Gasteiger partial charge in [0.2, 0.25) is 5.91 Å². The molecule has 9 heteroatoms. The van der Waals surface area contributed by atoms with Gasteiger partial charge in [-0.25, -0.2) is 8.42 Å². The first-order valence-corrected chi connectivity index (χ1v) is 11.2. The Bertz CT molecular complexity index is 1160. The molecule has 156 valence electrons. The summed E-state index contributed by atoms with van der Waals surface area (Å²) in [7, 11) is -1.04. The molecule has 0 saturated carbocycles. The Morgan fingerprint density at radius 1 is 0.967 bits per heavy atom. The van der Waals surface area contributed by atoms with Gasteiger partial charge in [0, 0.05) is 11.0 Å². The van der Waals surface area contributed by atoms with Gasteiger partial charge in [-0.1, -0.05) is 18.2 Å². The molecule has 1 heterocycles. The lowest BCUT2D eigenvalue weighted by Gasteiger charge is -2.14. The molecule has 0 aliphatic carbocycles. The van der Waals surface area contributed by atoms with Gasteiger partial charge in [-0.05, 0) is 47.9 Å². The van der Waals surface area contributed by atoms with Gasteiger partial charge in [-0.15, -0.1) is 11.3 Å². The third-order valence-corrected chi connectivity index (χ3v) is 6.23. The van der Waals surface area contributed by atoms with Crippen LogP contribution in [-0.2, 0) is 14.8 Å². The van der Waals surface area contributed by atoms with Crippen LogP contribution < -0.4 is 19.5 Å². The highest BCUT2D eigenvalue weighted by atomic mass is 32.2. The van der Waals surface area contributed by atoms with Crippen molar-refractivity contribution in [2.24, 2.45) is 0 Å². The Hall–Kier alpha value is -3.30. The summed E-state index contributed by atoms with van der Waals surface area (Å²) in [5.74, 6) is 0.319. The maximum absolute atomic E-state index is 12.9. The molecule has 0 aliphatic heterocycles. The number of sulfonamides is 1. The van der Waals surface area contributed by atoms with Crippen molar-refractivity contribution >= 4 is 44.7 Å². The van der Waals surface area contributed by atoms with Crippen molar-refractivity contribution in [3.05, 3.63) is 70.9 Å². The topological polar surface area (TPSA) is 93.7 Å². The molecule has 30 heavy (non-hydrogen) atoms. The van der Waals surface area contributed by atoms with E-state index in [9.17, 15) is 13.2 Å². The number of hydrogen-bond acceptors (Lipinski definition) is 6.